The number of nitrogens with two attached hydrogens (primary N) is 1. The third-order valence-corrected chi connectivity index (χ3v) is 4.70. The molecule has 0 aromatic heterocycles. The van der Waals surface area contributed by atoms with Crippen molar-refractivity contribution in [3.8, 4) is 0 Å². The molecule has 198 valence electrons. The number of rotatable bonds is 18. The number of hydrogen-bond donors (Lipinski definition) is 4. The molecule has 0 spiro atoms. The lowest BCUT2D eigenvalue weighted by atomic mass is 10.1. The van der Waals surface area contributed by atoms with Gasteiger partial charge in [-0.05, 0) is 52.1 Å². The van der Waals surface area contributed by atoms with Crippen LogP contribution in [0.4, 0.5) is 4.79 Å². The first-order valence-corrected chi connectivity index (χ1v) is 12.1. The molecule has 0 saturated carbocycles. The Bertz CT molecular complexity index is 739. The summed E-state index contributed by atoms with van der Waals surface area (Å²) in [5.41, 5.74) is 5.96. The molecule has 0 saturated heterocycles. The second kappa shape index (κ2) is 17.7. The van der Waals surface area contributed by atoms with Crippen LogP contribution < -0.4 is 21.7 Å². The number of hydrogen-bond acceptors (Lipinski definition) is 7. The Morgan fingerprint density at radius 2 is 1.54 bits per heavy atom. The van der Waals surface area contributed by atoms with Gasteiger partial charge in [-0.25, -0.2) is 4.79 Å². The first-order chi connectivity index (χ1) is 16.7. The molecule has 1 rings (SSSR count). The highest BCUT2D eigenvalue weighted by Gasteiger charge is 2.18. The van der Waals surface area contributed by atoms with Gasteiger partial charge < -0.3 is 35.9 Å². The smallest absolute Gasteiger partial charge is 0.407 e. The molecule has 5 N–H and O–H groups in total. The quantitative estimate of drug-likeness (QED) is 0.227. The van der Waals surface area contributed by atoms with E-state index in [1.807, 2.05) is 18.2 Å². The minimum Gasteiger partial charge on any atom is -0.444 e. The summed E-state index contributed by atoms with van der Waals surface area (Å²) in [6.07, 6.45) is 1.79. The van der Waals surface area contributed by atoms with Gasteiger partial charge in [0, 0.05) is 19.5 Å². The van der Waals surface area contributed by atoms with Crippen LogP contribution in [0, 0.1) is 0 Å². The molecule has 0 aliphatic carbocycles. The van der Waals surface area contributed by atoms with E-state index in [0.29, 0.717) is 52.5 Å². The Kier molecular flexibility index (Phi) is 15.3. The van der Waals surface area contributed by atoms with Gasteiger partial charge in [-0.1, -0.05) is 30.3 Å². The van der Waals surface area contributed by atoms with Crippen molar-refractivity contribution in [1.82, 2.24) is 16.0 Å². The minimum atomic E-state index is -0.533. The number of primary amides is 1. The van der Waals surface area contributed by atoms with Crippen LogP contribution in [0.25, 0.3) is 0 Å². The Balaban J connectivity index is 2.13. The molecule has 0 aliphatic heterocycles. The van der Waals surface area contributed by atoms with Crippen molar-refractivity contribution in [1.29, 1.82) is 0 Å². The van der Waals surface area contributed by atoms with Gasteiger partial charge in [0.1, 0.15) is 5.60 Å². The van der Waals surface area contributed by atoms with Gasteiger partial charge in [-0.3, -0.25) is 9.59 Å². The predicted molar refractivity (Wildman–Crippen MR) is 134 cm³/mol. The highest BCUT2D eigenvalue weighted by molar-refractivity contribution is 5.82. The van der Waals surface area contributed by atoms with E-state index in [-0.39, 0.29) is 12.3 Å². The maximum Gasteiger partial charge on any atom is 0.407 e. The monoisotopic (exact) mass is 494 g/mol. The number of carbonyl (C=O) groups excluding carboxylic acids is 3. The molecule has 10 nitrogen and oxygen atoms in total. The van der Waals surface area contributed by atoms with E-state index in [2.05, 4.69) is 28.1 Å². The Morgan fingerprint density at radius 3 is 2.14 bits per heavy atom. The molecule has 1 atom stereocenters. The zero-order valence-corrected chi connectivity index (χ0v) is 21.3. The van der Waals surface area contributed by atoms with E-state index < -0.39 is 23.6 Å². The van der Waals surface area contributed by atoms with Gasteiger partial charge in [-0.2, -0.15) is 0 Å². The molecule has 10 heteroatoms. The largest absolute Gasteiger partial charge is 0.444 e. The number of nitrogens with one attached hydrogen (secondary N) is 3. The average molecular weight is 495 g/mol. The summed E-state index contributed by atoms with van der Waals surface area (Å²) in [7, 11) is 0. The standard InChI is InChI=1S/C25H42N4O6/c1-25(2,3)35-24(32)29-15-17-34-19-18-33-16-14-28-23(31)21(11-12-22(26)30)27-13-7-10-20-8-5-4-6-9-20/h4-6,8-9,21,27H,7,10-19H2,1-3H3,(H2,26,30)(H,28,31)(H,29,32). The third kappa shape index (κ3) is 17.4. The Labute approximate surface area is 208 Å². The van der Waals surface area contributed by atoms with Gasteiger partial charge >= 0.3 is 6.09 Å². The maximum absolute atomic E-state index is 12.5. The summed E-state index contributed by atoms with van der Waals surface area (Å²) in [6, 6.07) is 9.65. The van der Waals surface area contributed by atoms with E-state index in [9.17, 15) is 14.4 Å². The fourth-order valence-electron chi connectivity index (χ4n) is 3.06. The molecule has 1 aromatic rings. The SMILES string of the molecule is CC(C)(C)OC(=O)NCCOCCOCCNC(=O)C(CCC(N)=O)NCCCc1ccccc1. The van der Waals surface area contributed by atoms with Gasteiger partial charge in [0.15, 0.2) is 0 Å². The van der Waals surface area contributed by atoms with Gasteiger partial charge in [0.2, 0.25) is 11.8 Å². The normalized spacial score (nSPS) is 12.1. The van der Waals surface area contributed by atoms with Crippen LogP contribution in [0.5, 0.6) is 0 Å². The van der Waals surface area contributed by atoms with Crippen LogP contribution in [-0.4, -0.2) is 75.6 Å². The fraction of sp³-hybridized carbons (Fsp3) is 0.640. The third-order valence-electron chi connectivity index (χ3n) is 4.70. The predicted octanol–water partition coefficient (Wildman–Crippen LogP) is 1.52. The van der Waals surface area contributed by atoms with Crippen molar-refractivity contribution < 1.29 is 28.6 Å². The zero-order valence-electron chi connectivity index (χ0n) is 21.3. The summed E-state index contributed by atoms with van der Waals surface area (Å²) in [5, 5.41) is 8.66. The molecule has 3 amide bonds. The number of benzene rings is 1. The van der Waals surface area contributed by atoms with Crippen molar-refractivity contribution in [2.75, 3.05) is 46.1 Å². The van der Waals surface area contributed by atoms with Crippen LogP contribution in [0.15, 0.2) is 30.3 Å². The molecular formula is C25H42N4O6. The average Bonchev–Trinajstić information content (AvgIpc) is 2.79. The first-order valence-electron chi connectivity index (χ1n) is 12.1. The molecular weight excluding hydrogens is 452 g/mol. The lowest BCUT2D eigenvalue weighted by Gasteiger charge is -2.19. The van der Waals surface area contributed by atoms with Crippen molar-refractivity contribution in [2.45, 2.75) is 58.1 Å². The van der Waals surface area contributed by atoms with Crippen LogP contribution in [-0.2, 0) is 30.2 Å². The van der Waals surface area contributed by atoms with E-state index in [0.717, 1.165) is 12.8 Å². The van der Waals surface area contributed by atoms with Crippen molar-refractivity contribution in [2.24, 2.45) is 5.73 Å². The highest BCUT2D eigenvalue weighted by atomic mass is 16.6. The summed E-state index contributed by atoms with van der Waals surface area (Å²) in [4.78, 5) is 35.2. The number of aryl methyl sites for hydroxylation is 1. The van der Waals surface area contributed by atoms with E-state index in [4.69, 9.17) is 19.9 Å². The van der Waals surface area contributed by atoms with Gasteiger partial charge in [-0.15, -0.1) is 0 Å². The molecule has 0 radical (unpaired) electrons. The molecule has 0 fully saturated rings. The summed E-state index contributed by atoms with van der Waals surface area (Å²) >= 11 is 0. The van der Waals surface area contributed by atoms with Crippen molar-refractivity contribution in [3.05, 3.63) is 35.9 Å². The number of carbonyl (C=O) groups is 3. The topological polar surface area (TPSA) is 141 Å². The lowest BCUT2D eigenvalue weighted by molar-refractivity contribution is -0.124. The Morgan fingerprint density at radius 1 is 0.914 bits per heavy atom. The highest BCUT2D eigenvalue weighted by Crippen LogP contribution is 2.06. The summed E-state index contributed by atoms with van der Waals surface area (Å²) in [5.74, 6) is -0.613. The molecule has 1 unspecified atom stereocenters. The molecule has 0 bridgehead atoms. The fourth-order valence-corrected chi connectivity index (χ4v) is 3.06. The van der Waals surface area contributed by atoms with Crippen LogP contribution in [0.3, 0.4) is 0 Å². The molecule has 0 heterocycles. The van der Waals surface area contributed by atoms with Gasteiger partial charge in [0.05, 0.1) is 32.5 Å². The zero-order chi connectivity index (χ0) is 25.9. The second-order valence-corrected chi connectivity index (χ2v) is 9.05. The van der Waals surface area contributed by atoms with E-state index >= 15 is 0 Å². The van der Waals surface area contributed by atoms with E-state index in [1.54, 1.807) is 20.8 Å². The van der Waals surface area contributed by atoms with Crippen molar-refractivity contribution in [3.63, 3.8) is 0 Å². The van der Waals surface area contributed by atoms with Crippen molar-refractivity contribution >= 4 is 17.9 Å². The number of ether oxygens (including phenoxy) is 3. The van der Waals surface area contributed by atoms with Crippen LogP contribution >= 0.6 is 0 Å². The maximum atomic E-state index is 12.5. The Hall–Kier alpha value is -2.69. The van der Waals surface area contributed by atoms with E-state index in [1.165, 1.54) is 5.56 Å². The second-order valence-electron chi connectivity index (χ2n) is 9.05. The van der Waals surface area contributed by atoms with Gasteiger partial charge in [0.25, 0.3) is 0 Å². The first kappa shape index (κ1) is 30.3. The number of amides is 3. The van der Waals surface area contributed by atoms with Crippen LogP contribution in [0.1, 0.15) is 45.6 Å². The molecule has 1 aromatic carbocycles. The lowest BCUT2D eigenvalue weighted by Crippen LogP contribution is -2.46. The molecule has 35 heavy (non-hydrogen) atoms. The number of alkyl carbamates (subject to hydrolysis) is 1. The minimum absolute atomic E-state index is 0.139. The molecule has 0 aliphatic rings. The summed E-state index contributed by atoms with van der Waals surface area (Å²) in [6.45, 7) is 8.16. The van der Waals surface area contributed by atoms with Crippen LogP contribution in [0.2, 0.25) is 0 Å². The summed E-state index contributed by atoms with van der Waals surface area (Å²) < 4.78 is 16.0.